The van der Waals surface area contributed by atoms with Gasteiger partial charge in [0.1, 0.15) is 4.99 Å². The predicted molar refractivity (Wildman–Crippen MR) is 77.2 cm³/mol. The van der Waals surface area contributed by atoms with Gasteiger partial charge in [-0.1, -0.05) is 0 Å². The molecule has 1 aromatic rings. The monoisotopic (exact) mass is 336 g/mol. The first-order valence-corrected chi connectivity index (χ1v) is 7.44. The maximum atomic E-state index is 10.9. The minimum Gasteiger partial charge on any atom is -0.258 e. The van der Waals surface area contributed by atoms with E-state index in [1.165, 1.54) is 6.07 Å². The van der Waals surface area contributed by atoms with Gasteiger partial charge in [-0.3, -0.25) is 20.2 Å². The summed E-state index contributed by atoms with van der Waals surface area (Å²) in [6, 6.07) is 3.13. The van der Waals surface area contributed by atoms with Crippen LogP contribution in [0.15, 0.2) is 18.2 Å². The van der Waals surface area contributed by atoms with Crippen LogP contribution in [-0.2, 0) is 9.13 Å². The number of hydrogen-bond donors (Lipinski definition) is 2. The lowest BCUT2D eigenvalue weighted by atomic mass is 10.1. The van der Waals surface area contributed by atoms with Gasteiger partial charge in [-0.25, -0.2) is 9.13 Å². The van der Waals surface area contributed by atoms with Gasteiger partial charge in [-0.15, -0.1) is 0 Å². The third kappa shape index (κ3) is 4.06. The van der Waals surface area contributed by atoms with Gasteiger partial charge in [-0.05, 0) is 12.5 Å². The van der Waals surface area contributed by atoms with Gasteiger partial charge in [0, 0.05) is 16.9 Å². The van der Waals surface area contributed by atoms with Gasteiger partial charge in [0.2, 0.25) is 0 Å². The largest absolute Gasteiger partial charge is 0.328 e. The Morgan fingerprint density at radius 3 is 2.20 bits per heavy atom. The second-order valence-electron chi connectivity index (χ2n) is 3.77. The third-order valence-corrected chi connectivity index (χ3v) is 4.42. The van der Waals surface area contributed by atoms with E-state index in [9.17, 15) is 29.4 Å². The molecule has 0 aliphatic carbocycles. The molecule has 0 saturated carbocycles. The summed E-state index contributed by atoms with van der Waals surface area (Å²) in [4.78, 5) is 19.0. The van der Waals surface area contributed by atoms with E-state index in [0.717, 1.165) is 12.1 Å². The number of nitro groups is 2. The molecule has 8 nitrogen and oxygen atoms in total. The van der Waals surface area contributed by atoms with Crippen LogP contribution in [0.2, 0.25) is 0 Å². The molecular weight excluding hydrogens is 327 g/mol. The lowest BCUT2D eigenvalue weighted by Crippen LogP contribution is -2.03. The molecule has 0 N–H and O–H groups in total. The Kier molecular flexibility index (Phi) is 5.73. The Bertz CT molecular complexity index is 612. The molecule has 2 atom stereocenters. The van der Waals surface area contributed by atoms with E-state index in [1.54, 1.807) is 0 Å². The third-order valence-electron chi connectivity index (χ3n) is 2.46. The fourth-order valence-corrected chi connectivity index (χ4v) is 2.85. The first-order chi connectivity index (χ1) is 9.23. The maximum absolute atomic E-state index is 10.9. The van der Waals surface area contributed by atoms with Crippen molar-refractivity contribution in [3.8, 4) is 0 Å². The summed E-state index contributed by atoms with van der Waals surface area (Å²) < 4.78 is 21.5. The van der Waals surface area contributed by atoms with Gasteiger partial charge in [0.15, 0.2) is 0 Å². The molecule has 11 heteroatoms. The van der Waals surface area contributed by atoms with Crippen molar-refractivity contribution in [2.75, 3.05) is 0 Å². The highest BCUT2D eigenvalue weighted by atomic mass is 32.1. The lowest BCUT2D eigenvalue weighted by molar-refractivity contribution is -0.394. The summed E-state index contributed by atoms with van der Waals surface area (Å²) in [6.45, 7) is 0. The van der Waals surface area contributed by atoms with E-state index in [0.29, 0.717) is 0 Å². The molecule has 0 spiro atoms. The summed E-state index contributed by atoms with van der Waals surface area (Å²) in [5.41, 5.74) is -0.779. The van der Waals surface area contributed by atoms with E-state index in [2.05, 4.69) is 25.3 Å². The van der Waals surface area contributed by atoms with Crippen molar-refractivity contribution in [3.05, 3.63) is 44.0 Å². The average Bonchev–Trinajstić information content (AvgIpc) is 2.37. The fourth-order valence-electron chi connectivity index (χ4n) is 1.50. The molecule has 0 aliphatic rings. The average molecular weight is 336 g/mol. The zero-order valence-corrected chi connectivity index (χ0v) is 12.5. The van der Waals surface area contributed by atoms with Crippen LogP contribution in [0.3, 0.4) is 0 Å². The molecule has 0 heterocycles. The van der Waals surface area contributed by atoms with Crippen LogP contribution < -0.4 is 0 Å². The molecule has 1 rings (SSSR count). The van der Waals surface area contributed by atoms with Crippen molar-refractivity contribution in [1.82, 2.24) is 0 Å². The molecule has 0 bridgehead atoms. The Balaban J connectivity index is 3.17. The normalized spacial score (nSPS) is 13.5. The quantitative estimate of drug-likeness (QED) is 0.356. The number of nitrogens with zero attached hydrogens (tertiary/aromatic N) is 2. The molecule has 0 aromatic heterocycles. The van der Waals surface area contributed by atoms with Gasteiger partial charge >= 0.3 is 7.68 Å². The van der Waals surface area contributed by atoms with Crippen LogP contribution in [0, 0.1) is 20.2 Å². The highest BCUT2D eigenvalue weighted by molar-refractivity contribution is 7.86. The molecule has 20 heavy (non-hydrogen) atoms. The second-order valence-corrected chi connectivity index (χ2v) is 6.62. The predicted octanol–water partition coefficient (Wildman–Crippen LogP) is 3.29. The number of nitro benzene ring substituents is 2. The molecule has 108 valence electrons. The summed E-state index contributed by atoms with van der Waals surface area (Å²) >= 11 is 7.94. The summed E-state index contributed by atoms with van der Waals surface area (Å²) in [7, 11) is -2.79. The van der Waals surface area contributed by atoms with Gasteiger partial charge < -0.3 is 0 Å². The summed E-state index contributed by atoms with van der Waals surface area (Å²) in [5, 5.41) is 20.8. The topological polar surface area (TPSA) is 120 Å². The van der Waals surface area contributed by atoms with Crippen molar-refractivity contribution in [1.29, 1.82) is 0 Å². The van der Waals surface area contributed by atoms with Gasteiger partial charge in [0.05, 0.1) is 15.9 Å². The summed E-state index contributed by atoms with van der Waals surface area (Å²) in [5.74, 6) is 0. The van der Waals surface area contributed by atoms with E-state index in [4.69, 9.17) is 0 Å². The number of thiol groups is 2. The smallest absolute Gasteiger partial charge is 0.258 e. The van der Waals surface area contributed by atoms with Crippen LogP contribution in [0.25, 0.3) is 0 Å². The van der Waals surface area contributed by atoms with Crippen LogP contribution in [0.5, 0.6) is 0 Å². The number of non-ortho nitro benzene ring substituents is 1. The van der Waals surface area contributed by atoms with E-state index in [-0.39, 0.29) is 12.0 Å². The molecule has 1 aromatic carbocycles. The van der Waals surface area contributed by atoms with E-state index < -0.39 is 39.1 Å². The molecule has 0 radical (unpaired) electrons. The van der Waals surface area contributed by atoms with Crippen molar-refractivity contribution in [3.63, 3.8) is 0 Å². The number of benzene rings is 1. The second kappa shape index (κ2) is 6.87. The maximum Gasteiger partial charge on any atom is 0.328 e. The van der Waals surface area contributed by atoms with Crippen molar-refractivity contribution in [2.24, 2.45) is 0 Å². The SMILES string of the molecule is O=[N+]([O-])c1ccc([C@H](S)C[C@@H](S)P(=O)=O)c([N+](=O)[O-])c1. The number of hydrogen-bond acceptors (Lipinski definition) is 8. The Labute approximate surface area is 124 Å². The highest BCUT2D eigenvalue weighted by Gasteiger charge is 2.25. The molecular formula is C9H9N2O6PS2. The Morgan fingerprint density at radius 1 is 1.15 bits per heavy atom. The van der Waals surface area contributed by atoms with Crippen LogP contribution in [0.1, 0.15) is 17.2 Å². The molecule has 0 unspecified atom stereocenters. The first-order valence-electron chi connectivity index (χ1n) is 5.16. The summed E-state index contributed by atoms with van der Waals surface area (Å²) in [6.07, 6.45) is -0.0520. The molecule has 0 amide bonds. The Hall–Kier alpha value is -1.38. The van der Waals surface area contributed by atoms with Gasteiger partial charge in [-0.2, -0.15) is 25.3 Å². The molecule has 0 saturated heterocycles. The van der Waals surface area contributed by atoms with E-state index >= 15 is 0 Å². The standard InChI is InChI=1S/C9H9N2O6PS2/c12-10(13)5-1-2-6(7(3-5)11(14)15)8(19)4-9(20)18(16)17/h1-3,8-9,19-20H,4H2/t8-,9-/m1/s1. The van der Waals surface area contributed by atoms with Crippen LogP contribution in [0.4, 0.5) is 11.4 Å². The minimum atomic E-state index is -2.79. The zero-order valence-electron chi connectivity index (χ0n) is 9.78. The van der Waals surface area contributed by atoms with Gasteiger partial charge in [0.25, 0.3) is 11.4 Å². The van der Waals surface area contributed by atoms with Crippen molar-refractivity contribution >= 4 is 44.3 Å². The van der Waals surface area contributed by atoms with Crippen LogP contribution >= 0.6 is 32.9 Å². The zero-order chi connectivity index (χ0) is 15.4. The van der Waals surface area contributed by atoms with Crippen molar-refractivity contribution < 1.29 is 19.0 Å². The first kappa shape index (κ1) is 16.7. The van der Waals surface area contributed by atoms with Crippen molar-refractivity contribution in [2.45, 2.75) is 16.7 Å². The van der Waals surface area contributed by atoms with E-state index in [1.807, 2.05) is 0 Å². The molecule has 0 fully saturated rings. The minimum absolute atomic E-state index is 0.0520. The fraction of sp³-hybridized carbons (Fsp3) is 0.333. The van der Waals surface area contributed by atoms with Crippen LogP contribution in [-0.4, -0.2) is 14.8 Å². The molecule has 0 aliphatic heterocycles. The lowest BCUT2D eigenvalue weighted by Gasteiger charge is -2.11. The Morgan fingerprint density at radius 2 is 1.75 bits per heavy atom. The number of rotatable bonds is 6. The highest BCUT2D eigenvalue weighted by Crippen LogP contribution is 2.38.